The van der Waals surface area contributed by atoms with Crippen molar-refractivity contribution in [3.05, 3.63) is 24.3 Å². The smallest absolute Gasteiger partial charge is 0.325 e. The van der Waals surface area contributed by atoms with Crippen molar-refractivity contribution in [2.75, 3.05) is 19.0 Å². The van der Waals surface area contributed by atoms with E-state index in [9.17, 15) is 14.4 Å². The summed E-state index contributed by atoms with van der Waals surface area (Å²) in [5.41, 5.74) is 0.543. The summed E-state index contributed by atoms with van der Waals surface area (Å²) in [5, 5.41) is 5.22. The van der Waals surface area contributed by atoms with Gasteiger partial charge in [0.25, 0.3) is 5.91 Å². The normalized spacial score (nSPS) is 17.4. The SMILES string of the molecule is CCC[C@@H]1NC(=O)N(CC(=O)Nc2cccc(OC)c2)C1=O. The van der Waals surface area contributed by atoms with Crippen molar-refractivity contribution in [2.45, 2.75) is 25.8 Å². The average Bonchev–Trinajstić information content (AvgIpc) is 2.75. The highest BCUT2D eigenvalue weighted by molar-refractivity contribution is 6.07. The van der Waals surface area contributed by atoms with E-state index in [4.69, 9.17) is 4.74 Å². The second-order valence-corrected chi connectivity index (χ2v) is 5.00. The lowest BCUT2D eigenvalue weighted by molar-refractivity contribution is -0.130. The fourth-order valence-electron chi connectivity index (χ4n) is 2.26. The fraction of sp³-hybridized carbons (Fsp3) is 0.400. The third-order valence-corrected chi connectivity index (χ3v) is 3.34. The second kappa shape index (κ2) is 6.93. The third kappa shape index (κ3) is 3.55. The number of imide groups is 1. The zero-order chi connectivity index (χ0) is 16.1. The predicted octanol–water partition coefficient (Wildman–Crippen LogP) is 1.35. The summed E-state index contributed by atoms with van der Waals surface area (Å²) in [6.45, 7) is 1.62. The van der Waals surface area contributed by atoms with Gasteiger partial charge in [-0.3, -0.25) is 14.5 Å². The molecule has 2 rings (SSSR count). The Labute approximate surface area is 128 Å². The first-order valence-electron chi connectivity index (χ1n) is 7.11. The number of hydrogen-bond donors (Lipinski definition) is 2. The number of carbonyl (C=O) groups is 3. The quantitative estimate of drug-likeness (QED) is 0.777. The molecule has 7 nitrogen and oxygen atoms in total. The van der Waals surface area contributed by atoms with Gasteiger partial charge in [-0.1, -0.05) is 19.4 Å². The van der Waals surface area contributed by atoms with Crippen LogP contribution in [-0.4, -0.2) is 42.4 Å². The van der Waals surface area contributed by atoms with Crippen LogP contribution >= 0.6 is 0 Å². The molecule has 1 aromatic carbocycles. The summed E-state index contributed by atoms with van der Waals surface area (Å²) in [4.78, 5) is 36.7. The third-order valence-electron chi connectivity index (χ3n) is 3.34. The van der Waals surface area contributed by atoms with Gasteiger partial charge < -0.3 is 15.4 Å². The number of nitrogens with zero attached hydrogens (tertiary/aromatic N) is 1. The highest BCUT2D eigenvalue weighted by Crippen LogP contribution is 2.17. The minimum atomic E-state index is -0.526. The van der Waals surface area contributed by atoms with Crippen molar-refractivity contribution < 1.29 is 19.1 Å². The zero-order valence-corrected chi connectivity index (χ0v) is 12.6. The van der Waals surface area contributed by atoms with Gasteiger partial charge in [0.05, 0.1) is 7.11 Å². The molecule has 1 fully saturated rings. The first-order valence-corrected chi connectivity index (χ1v) is 7.11. The maximum Gasteiger partial charge on any atom is 0.325 e. The molecule has 1 aliphatic rings. The minimum absolute atomic E-state index is 0.303. The van der Waals surface area contributed by atoms with E-state index in [1.165, 1.54) is 7.11 Å². The first-order chi connectivity index (χ1) is 10.5. The summed E-state index contributed by atoms with van der Waals surface area (Å²) in [7, 11) is 1.53. The number of hydrogen-bond acceptors (Lipinski definition) is 4. The van der Waals surface area contributed by atoms with Gasteiger partial charge in [0, 0.05) is 11.8 Å². The molecule has 1 heterocycles. The average molecular weight is 305 g/mol. The predicted molar refractivity (Wildman–Crippen MR) is 80.6 cm³/mol. The van der Waals surface area contributed by atoms with Gasteiger partial charge in [0.15, 0.2) is 0 Å². The standard InChI is InChI=1S/C15H19N3O4/c1-3-5-12-14(20)18(15(21)17-12)9-13(19)16-10-6-4-7-11(8-10)22-2/h4,6-8,12H,3,5,9H2,1-2H3,(H,16,19)(H,17,21)/t12-/m0/s1. The monoisotopic (exact) mass is 305 g/mol. The fourth-order valence-corrected chi connectivity index (χ4v) is 2.26. The van der Waals surface area contributed by atoms with Crippen LogP contribution in [0.5, 0.6) is 5.75 Å². The van der Waals surface area contributed by atoms with E-state index >= 15 is 0 Å². The molecule has 0 radical (unpaired) electrons. The number of nitrogens with one attached hydrogen (secondary N) is 2. The molecular formula is C15H19N3O4. The molecule has 1 atom stereocenters. The van der Waals surface area contributed by atoms with E-state index in [2.05, 4.69) is 10.6 Å². The molecule has 0 bridgehead atoms. The van der Waals surface area contributed by atoms with Gasteiger partial charge in [-0.05, 0) is 18.6 Å². The molecule has 1 aliphatic heterocycles. The van der Waals surface area contributed by atoms with Gasteiger partial charge in [0.2, 0.25) is 5.91 Å². The van der Waals surface area contributed by atoms with Gasteiger partial charge in [-0.2, -0.15) is 0 Å². The van der Waals surface area contributed by atoms with Gasteiger partial charge in [0.1, 0.15) is 18.3 Å². The van der Waals surface area contributed by atoms with E-state index in [-0.39, 0.29) is 12.5 Å². The van der Waals surface area contributed by atoms with Crippen LogP contribution in [0.4, 0.5) is 10.5 Å². The summed E-state index contributed by atoms with van der Waals surface area (Å²) >= 11 is 0. The number of anilines is 1. The Bertz CT molecular complexity index is 588. The van der Waals surface area contributed by atoms with Gasteiger partial charge in [-0.15, -0.1) is 0 Å². The van der Waals surface area contributed by atoms with Crippen molar-refractivity contribution in [2.24, 2.45) is 0 Å². The van der Waals surface area contributed by atoms with Crippen LogP contribution in [0.15, 0.2) is 24.3 Å². The number of carbonyl (C=O) groups excluding carboxylic acids is 3. The van der Waals surface area contributed by atoms with Crippen molar-refractivity contribution >= 4 is 23.5 Å². The molecule has 0 unspecified atom stereocenters. The van der Waals surface area contributed by atoms with E-state index in [0.717, 1.165) is 11.3 Å². The van der Waals surface area contributed by atoms with E-state index in [1.807, 2.05) is 6.92 Å². The van der Waals surface area contributed by atoms with Crippen molar-refractivity contribution in [1.82, 2.24) is 10.2 Å². The Kier molecular flexibility index (Phi) is 4.98. The van der Waals surface area contributed by atoms with Crippen LogP contribution < -0.4 is 15.4 Å². The largest absolute Gasteiger partial charge is 0.497 e. The molecule has 1 aromatic rings. The van der Waals surface area contributed by atoms with Gasteiger partial charge in [-0.25, -0.2) is 4.79 Å². The van der Waals surface area contributed by atoms with Crippen molar-refractivity contribution in [3.63, 3.8) is 0 Å². The van der Waals surface area contributed by atoms with Crippen molar-refractivity contribution in [1.29, 1.82) is 0 Å². The molecule has 0 spiro atoms. The number of ether oxygens (including phenoxy) is 1. The Balaban J connectivity index is 1.97. The first kappa shape index (κ1) is 15.8. The Hall–Kier alpha value is -2.57. The Morgan fingerprint density at radius 3 is 2.86 bits per heavy atom. The van der Waals surface area contributed by atoms with E-state index < -0.39 is 18.0 Å². The maximum absolute atomic E-state index is 12.0. The molecule has 7 heteroatoms. The van der Waals surface area contributed by atoms with Crippen LogP contribution in [0.2, 0.25) is 0 Å². The second-order valence-electron chi connectivity index (χ2n) is 5.00. The lowest BCUT2D eigenvalue weighted by Crippen LogP contribution is -2.38. The Morgan fingerprint density at radius 1 is 1.41 bits per heavy atom. The van der Waals surface area contributed by atoms with Crippen LogP contribution in [0, 0.1) is 0 Å². The molecule has 2 N–H and O–H groups in total. The molecular weight excluding hydrogens is 286 g/mol. The van der Waals surface area contributed by atoms with Crippen LogP contribution in [0.3, 0.4) is 0 Å². The molecule has 4 amide bonds. The number of urea groups is 1. The van der Waals surface area contributed by atoms with Gasteiger partial charge >= 0.3 is 6.03 Å². The summed E-state index contributed by atoms with van der Waals surface area (Å²) in [5.74, 6) is -0.183. The maximum atomic E-state index is 12.0. The molecule has 0 saturated carbocycles. The van der Waals surface area contributed by atoms with Crippen LogP contribution in [0.1, 0.15) is 19.8 Å². The lowest BCUT2D eigenvalue weighted by atomic mass is 10.2. The van der Waals surface area contributed by atoms with Crippen LogP contribution in [-0.2, 0) is 9.59 Å². The summed E-state index contributed by atoms with van der Waals surface area (Å²) in [6.07, 6.45) is 1.35. The number of rotatable bonds is 6. The zero-order valence-electron chi connectivity index (χ0n) is 12.6. The van der Waals surface area contributed by atoms with E-state index in [1.54, 1.807) is 24.3 Å². The van der Waals surface area contributed by atoms with E-state index in [0.29, 0.717) is 17.9 Å². The molecule has 1 saturated heterocycles. The molecule has 118 valence electrons. The molecule has 0 aliphatic carbocycles. The van der Waals surface area contributed by atoms with Crippen molar-refractivity contribution in [3.8, 4) is 5.75 Å². The molecule has 0 aromatic heterocycles. The lowest BCUT2D eigenvalue weighted by Gasteiger charge is -2.13. The highest BCUT2D eigenvalue weighted by Gasteiger charge is 2.38. The number of benzene rings is 1. The molecule has 22 heavy (non-hydrogen) atoms. The Morgan fingerprint density at radius 2 is 2.18 bits per heavy atom. The van der Waals surface area contributed by atoms with Crippen LogP contribution in [0.25, 0.3) is 0 Å². The summed E-state index contributed by atoms with van der Waals surface area (Å²) in [6, 6.07) is 5.80. The minimum Gasteiger partial charge on any atom is -0.497 e. The number of amides is 4. The highest BCUT2D eigenvalue weighted by atomic mass is 16.5. The summed E-state index contributed by atoms with van der Waals surface area (Å²) < 4.78 is 5.06. The topological polar surface area (TPSA) is 87.7 Å². The number of methoxy groups -OCH3 is 1.